The molecule has 0 aliphatic carbocycles. The van der Waals surface area contributed by atoms with E-state index >= 15 is 0 Å². The van der Waals surface area contributed by atoms with Gasteiger partial charge in [0.05, 0.1) is 39.6 Å². The van der Waals surface area contributed by atoms with E-state index in [1.807, 2.05) is 0 Å². The van der Waals surface area contributed by atoms with Gasteiger partial charge in [-0.05, 0) is 6.42 Å². The fraction of sp³-hybridized carbons (Fsp3) is 0.956. The van der Waals surface area contributed by atoms with Crippen LogP contribution in [0.25, 0.3) is 0 Å². The van der Waals surface area contributed by atoms with Crippen LogP contribution in [-0.2, 0) is 66.4 Å². The maximum absolute atomic E-state index is 14.0. The van der Waals surface area contributed by atoms with Gasteiger partial charge in [0.15, 0.2) is 37.7 Å². The summed E-state index contributed by atoms with van der Waals surface area (Å²) in [5, 5.41) is 228. The molecule has 22 N–H and O–H groups in total. The molecule has 38 heteroatoms. The molecule has 6 aliphatic heterocycles. The van der Waals surface area contributed by atoms with Crippen LogP contribution >= 0.6 is 0 Å². The van der Waals surface area contributed by atoms with Crippen LogP contribution in [0.15, 0.2) is 0 Å². The fourth-order valence-electron chi connectivity index (χ4n) is 9.52. The van der Waals surface area contributed by atoms with Gasteiger partial charge in [0.25, 0.3) is 0 Å². The molecule has 0 bridgehead atoms. The highest BCUT2D eigenvalue weighted by atomic mass is 16.8. The fourth-order valence-corrected chi connectivity index (χ4v) is 9.52. The van der Waals surface area contributed by atoms with Crippen molar-refractivity contribution in [3.63, 3.8) is 0 Å². The van der Waals surface area contributed by atoms with Crippen molar-refractivity contribution in [1.29, 1.82) is 0 Å². The molecule has 38 nitrogen and oxygen atoms in total. The molecule has 30 atom stereocenters. The first kappa shape index (κ1) is 69.7. The van der Waals surface area contributed by atoms with E-state index in [0.717, 1.165) is 0 Å². The summed E-state index contributed by atoms with van der Waals surface area (Å²) in [5.41, 5.74) is 0. The highest BCUT2D eigenvalue weighted by Crippen LogP contribution is 2.33. The Balaban J connectivity index is 1.14. The SMILES string of the molecule is O=C(CCCC(=O)N(CO[C@H]1O[C@H](CO)[C@@H](O)[C@H](O)[C@@H]1O)CO[C@@H]1O[C@H](CO)[C@@H](O[C@H]2O[C@H](CO)[C@H](O)[C@H](O)[C@H]2O)[C@H](O)[C@H]1O)N(CO[C@@H]1O[C@@H](CO)[C@H](O)[C@@H](O)[C@H]1O)CO[C@@H]1O[C@H](CO)[C@@H](O[C@@H]2O[C@H](CO)[C@H](O)[C@H](O)[C@H]2O)[C@H](O)[C@H]1O. The van der Waals surface area contributed by atoms with Gasteiger partial charge < -0.3 is 169 Å². The van der Waals surface area contributed by atoms with Gasteiger partial charge in [-0.2, -0.15) is 0 Å². The number of rotatable bonds is 26. The van der Waals surface area contributed by atoms with Crippen LogP contribution in [0.5, 0.6) is 0 Å². The van der Waals surface area contributed by atoms with E-state index in [9.17, 15) is 122 Å². The second-order valence-electron chi connectivity index (χ2n) is 20.3. The average molecular weight is 1220 g/mol. The summed E-state index contributed by atoms with van der Waals surface area (Å²) in [4.78, 5) is 29.4. The van der Waals surface area contributed by atoms with Crippen molar-refractivity contribution in [2.45, 2.75) is 203 Å². The Morgan fingerprint density at radius 3 is 0.759 bits per heavy atom. The van der Waals surface area contributed by atoms with Crippen molar-refractivity contribution >= 4 is 11.8 Å². The molecule has 6 heterocycles. The van der Waals surface area contributed by atoms with Crippen molar-refractivity contribution < 1.29 is 179 Å². The second kappa shape index (κ2) is 31.7. The third-order valence-corrected chi connectivity index (χ3v) is 14.7. The molecule has 0 unspecified atom stereocenters. The van der Waals surface area contributed by atoms with Crippen LogP contribution in [0.3, 0.4) is 0 Å². The first-order valence-corrected chi connectivity index (χ1v) is 26.2. The van der Waals surface area contributed by atoms with Crippen LogP contribution in [0.4, 0.5) is 0 Å². The molecule has 2 amide bonds. The predicted octanol–water partition coefficient (Wildman–Crippen LogP) is -15.4. The van der Waals surface area contributed by atoms with Gasteiger partial charge in [-0.15, -0.1) is 0 Å². The third kappa shape index (κ3) is 16.3. The summed E-state index contributed by atoms with van der Waals surface area (Å²) in [7, 11) is 0. The lowest BCUT2D eigenvalue weighted by Gasteiger charge is -2.46. The lowest BCUT2D eigenvalue weighted by molar-refractivity contribution is -0.362. The summed E-state index contributed by atoms with van der Waals surface area (Å²) < 4.78 is 66.0. The normalized spacial score (nSPS) is 45.2. The van der Waals surface area contributed by atoms with Crippen LogP contribution < -0.4 is 0 Å². The first-order valence-electron chi connectivity index (χ1n) is 26.2. The summed E-state index contributed by atoms with van der Waals surface area (Å²) in [6, 6.07) is 0. The lowest BCUT2D eigenvalue weighted by Crippen LogP contribution is -2.64. The Morgan fingerprint density at radius 1 is 0.289 bits per heavy atom. The van der Waals surface area contributed by atoms with Crippen LogP contribution in [0.1, 0.15) is 19.3 Å². The highest BCUT2D eigenvalue weighted by molar-refractivity contribution is 5.78. The standard InChI is InChI=1S/C45H78N2O36/c48-4-14-22(56)26(60)32(66)40(76-14)72-10-46(12-74-42-36(70)30(64)38(18(8-52)80-42)82-44-34(68)28(62)24(58)16(6-50)78-44)20(54)2-1-3-21(55)47(11-73-41-33(67)27(61)23(57)15(5-49)77-41)13-75-43-37(71)31(65)39(19(9-53)81-43)83-45-35(69)29(63)25(59)17(7-51)79-45/h14-19,22-45,48-53,56-71H,1-13H2/t14-,15+,16-,17-,18-,19-,22-,23+,24+,25+,26+,27-,28+,29+,30-,31-,32+,33-,34-,35-,36-,37-,38-,39-,40+,41-,42-,43-,44-,45+/m1/s1. The van der Waals surface area contributed by atoms with E-state index in [4.69, 9.17) is 56.8 Å². The molecular formula is C45H78N2O36. The largest absolute Gasteiger partial charge is 0.394 e. The van der Waals surface area contributed by atoms with Crippen molar-refractivity contribution in [3.8, 4) is 0 Å². The van der Waals surface area contributed by atoms with Gasteiger partial charge in [-0.1, -0.05) is 0 Å². The number of aliphatic hydroxyl groups excluding tert-OH is 22. The Kier molecular flexibility index (Phi) is 26.6. The third-order valence-electron chi connectivity index (χ3n) is 14.7. The van der Waals surface area contributed by atoms with Gasteiger partial charge in [-0.3, -0.25) is 19.4 Å². The number of carbonyl (C=O) groups excluding carboxylic acids is 2. The van der Waals surface area contributed by atoms with Gasteiger partial charge in [0, 0.05) is 12.8 Å². The van der Waals surface area contributed by atoms with Crippen LogP contribution in [0, 0.1) is 0 Å². The molecular weight excluding hydrogens is 1140 g/mol. The average Bonchev–Trinajstić information content (AvgIpc) is 3.57. The van der Waals surface area contributed by atoms with Crippen molar-refractivity contribution in [1.82, 2.24) is 9.80 Å². The molecule has 6 fully saturated rings. The van der Waals surface area contributed by atoms with E-state index in [2.05, 4.69) is 0 Å². The number of ether oxygens (including phenoxy) is 12. The van der Waals surface area contributed by atoms with Crippen LogP contribution in [-0.4, -0.2) is 385 Å². The van der Waals surface area contributed by atoms with Crippen molar-refractivity contribution in [2.24, 2.45) is 0 Å². The van der Waals surface area contributed by atoms with Crippen LogP contribution in [0.2, 0.25) is 0 Å². The zero-order chi connectivity index (χ0) is 61.3. The molecule has 0 aromatic heterocycles. The molecule has 0 aromatic carbocycles. The summed E-state index contributed by atoms with van der Waals surface area (Å²) in [6.45, 7) is -9.28. The smallest absolute Gasteiger partial charge is 0.226 e. The van der Waals surface area contributed by atoms with Crippen molar-refractivity contribution in [2.75, 3.05) is 66.6 Å². The number of amides is 2. The number of hydrogen-bond donors (Lipinski definition) is 22. The van der Waals surface area contributed by atoms with E-state index in [1.54, 1.807) is 0 Å². The van der Waals surface area contributed by atoms with E-state index in [-0.39, 0.29) is 0 Å². The highest BCUT2D eigenvalue weighted by Gasteiger charge is 2.54. The minimum Gasteiger partial charge on any atom is -0.394 e. The molecule has 6 rings (SSSR count). The first-order chi connectivity index (χ1) is 39.4. The predicted molar refractivity (Wildman–Crippen MR) is 252 cm³/mol. The summed E-state index contributed by atoms with van der Waals surface area (Å²) in [6.07, 6.45) is -57.0. The van der Waals surface area contributed by atoms with Gasteiger partial charge in [0.2, 0.25) is 11.8 Å². The molecule has 6 saturated heterocycles. The Morgan fingerprint density at radius 2 is 0.506 bits per heavy atom. The molecule has 484 valence electrons. The Labute approximate surface area is 469 Å². The maximum Gasteiger partial charge on any atom is 0.226 e. The van der Waals surface area contributed by atoms with E-state index < -0.39 is 282 Å². The molecule has 0 radical (unpaired) electrons. The second-order valence-corrected chi connectivity index (χ2v) is 20.3. The lowest BCUT2D eigenvalue weighted by atomic mass is 9.97. The number of hydrogen-bond acceptors (Lipinski definition) is 36. The molecule has 6 aliphatic rings. The topological polar surface area (TPSA) is 596 Å². The number of carbonyl (C=O) groups is 2. The van der Waals surface area contributed by atoms with Crippen molar-refractivity contribution in [3.05, 3.63) is 0 Å². The Hall–Kier alpha value is -2.42. The zero-order valence-electron chi connectivity index (χ0n) is 44.0. The molecule has 0 saturated carbocycles. The molecule has 83 heavy (non-hydrogen) atoms. The zero-order valence-corrected chi connectivity index (χ0v) is 44.0. The quantitative estimate of drug-likeness (QED) is 0.0358. The minimum atomic E-state index is -2.11. The number of nitrogens with zero attached hydrogens (tertiary/aromatic N) is 2. The summed E-state index contributed by atoms with van der Waals surface area (Å²) >= 11 is 0. The van der Waals surface area contributed by atoms with Gasteiger partial charge in [0.1, 0.15) is 173 Å². The van der Waals surface area contributed by atoms with Gasteiger partial charge >= 0.3 is 0 Å². The minimum absolute atomic E-state index is 0.416. The van der Waals surface area contributed by atoms with Gasteiger partial charge in [-0.25, -0.2) is 0 Å². The maximum atomic E-state index is 14.0. The van der Waals surface area contributed by atoms with E-state index in [0.29, 0.717) is 9.80 Å². The summed E-state index contributed by atoms with van der Waals surface area (Å²) in [5.74, 6) is -1.95. The van der Waals surface area contributed by atoms with E-state index in [1.165, 1.54) is 0 Å². The Bertz CT molecular complexity index is 1820. The molecule has 0 spiro atoms. The molecule has 0 aromatic rings. The number of aliphatic hydroxyl groups is 22. The monoisotopic (exact) mass is 1220 g/mol.